The lowest BCUT2D eigenvalue weighted by Gasteiger charge is -2.33. The zero-order valence-electron chi connectivity index (χ0n) is 12.5. The second kappa shape index (κ2) is 7.29. The van der Waals surface area contributed by atoms with Crippen molar-refractivity contribution in [2.45, 2.75) is 32.0 Å². The van der Waals surface area contributed by atoms with Crippen molar-refractivity contribution >= 4 is 0 Å². The Morgan fingerprint density at radius 2 is 1.86 bits per heavy atom. The number of halogens is 1. The summed E-state index contributed by atoms with van der Waals surface area (Å²) in [5, 5.41) is 0. The highest BCUT2D eigenvalue weighted by Gasteiger charge is 2.25. The number of benzene rings is 1. The number of nitrogens with zero attached hydrogens (tertiary/aromatic N) is 2. The summed E-state index contributed by atoms with van der Waals surface area (Å²) in [4.78, 5) is 6.12. The van der Waals surface area contributed by atoms with Gasteiger partial charge in [0.2, 0.25) is 0 Å². The molecule has 1 aromatic carbocycles. The molecular weight excluding hydrogens is 265 g/mol. The third kappa shape index (κ3) is 3.86. The van der Waals surface area contributed by atoms with Crippen LogP contribution >= 0.6 is 0 Å². The molecule has 0 saturated heterocycles. The number of hydrogen-bond donors (Lipinski definition) is 1. The van der Waals surface area contributed by atoms with E-state index >= 15 is 0 Å². The molecule has 2 unspecified atom stereocenters. The van der Waals surface area contributed by atoms with E-state index in [0.717, 1.165) is 12.0 Å². The van der Waals surface area contributed by atoms with Crippen molar-refractivity contribution in [3.63, 3.8) is 0 Å². The third-order valence-electron chi connectivity index (χ3n) is 3.76. The van der Waals surface area contributed by atoms with Gasteiger partial charge in [0.15, 0.2) is 0 Å². The maximum Gasteiger partial charge on any atom is 0.128 e. The van der Waals surface area contributed by atoms with Gasteiger partial charge in [-0.3, -0.25) is 9.88 Å². The predicted octanol–water partition coefficient (Wildman–Crippen LogP) is 3.13. The van der Waals surface area contributed by atoms with Gasteiger partial charge in [0.25, 0.3) is 0 Å². The number of nitrogens with two attached hydrogens (primary N) is 1. The van der Waals surface area contributed by atoms with Crippen LogP contribution in [0.4, 0.5) is 4.39 Å². The minimum absolute atomic E-state index is 0.117. The van der Waals surface area contributed by atoms with Gasteiger partial charge in [0, 0.05) is 30.5 Å². The molecule has 2 rings (SSSR count). The van der Waals surface area contributed by atoms with Gasteiger partial charge in [0.05, 0.1) is 6.04 Å². The minimum atomic E-state index is -0.201. The van der Waals surface area contributed by atoms with Gasteiger partial charge in [0.1, 0.15) is 5.82 Å². The van der Waals surface area contributed by atoms with Gasteiger partial charge >= 0.3 is 0 Å². The molecule has 4 heteroatoms. The third-order valence-corrected chi connectivity index (χ3v) is 3.76. The zero-order chi connectivity index (χ0) is 15.2. The maximum atomic E-state index is 14.1. The van der Waals surface area contributed by atoms with Gasteiger partial charge in [-0.1, -0.05) is 25.1 Å². The van der Waals surface area contributed by atoms with Crippen LogP contribution in [0.1, 0.15) is 30.5 Å². The molecular formula is C17H22FN3. The van der Waals surface area contributed by atoms with Gasteiger partial charge < -0.3 is 5.73 Å². The first kappa shape index (κ1) is 15.6. The van der Waals surface area contributed by atoms with Crippen molar-refractivity contribution in [2.24, 2.45) is 5.73 Å². The van der Waals surface area contributed by atoms with Crippen LogP contribution in [0.2, 0.25) is 0 Å². The molecule has 0 spiro atoms. The molecule has 1 aromatic heterocycles. The molecule has 21 heavy (non-hydrogen) atoms. The second-order valence-corrected chi connectivity index (χ2v) is 5.31. The van der Waals surface area contributed by atoms with E-state index in [1.54, 1.807) is 18.5 Å². The first-order valence-electron chi connectivity index (χ1n) is 7.22. The van der Waals surface area contributed by atoms with Crippen LogP contribution in [0, 0.1) is 5.82 Å². The molecule has 2 aromatic rings. The standard InChI is InChI=1S/C17H22FN3/c1-3-16(19)17(14-6-4-5-7-15(14)18)21(2)12-13-8-10-20-11-9-13/h4-11,16-17H,3,12,19H2,1-2H3. The summed E-state index contributed by atoms with van der Waals surface area (Å²) in [5.74, 6) is -0.201. The highest BCUT2D eigenvalue weighted by molar-refractivity contribution is 5.23. The van der Waals surface area contributed by atoms with Crippen LogP contribution in [-0.4, -0.2) is 23.0 Å². The predicted molar refractivity (Wildman–Crippen MR) is 83.1 cm³/mol. The minimum Gasteiger partial charge on any atom is -0.326 e. The van der Waals surface area contributed by atoms with Crippen LogP contribution in [0.5, 0.6) is 0 Å². The van der Waals surface area contributed by atoms with Crippen molar-refractivity contribution in [2.75, 3.05) is 7.05 Å². The van der Waals surface area contributed by atoms with Crippen molar-refractivity contribution in [3.05, 3.63) is 65.7 Å². The Hall–Kier alpha value is -1.78. The van der Waals surface area contributed by atoms with Gasteiger partial charge in [-0.2, -0.15) is 0 Å². The fourth-order valence-corrected chi connectivity index (χ4v) is 2.61. The maximum absolute atomic E-state index is 14.1. The molecule has 0 aliphatic heterocycles. The van der Waals surface area contributed by atoms with Crippen molar-refractivity contribution < 1.29 is 4.39 Å². The number of pyridine rings is 1. The van der Waals surface area contributed by atoms with Crippen molar-refractivity contribution in [3.8, 4) is 0 Å². The zero-order valence-corrected chi connectivity index (χ0v) is 12.5. The van der Waals surface area contributed by atoms with E-state index in [9.17, 15) is 4.39 Å². The van der Waals surface area contributed by atoms with E-state index in [4.69, 9.17) is 5.73 Å². The molecule has 112 valence electrons. The van der Waals surface area contributed by atoms with E-state index in [2.05, 4.69) is 9.88 Å². The molecule has 0 fully saturated rings. The molecule has 3 nitrogen and oxygen atoms in total. The Morgan fingerprint density at radius 3 is 2.48 bits per heavy atom. The van der Waals surface area contributed by atoms with Gasteiger partial charge in [-0.05, 0) is 37.2 Å². The van der Waals surface area contributed by atoms with E-state index in [-0.39, 0.29) is 17.9 Å². The Bertz CT molecular complexity index is 559. The molecule has 0 aliphatic carbocycles. The average molecular weight is 287 g/mol. The summed E-state index contributed by atoms with van der Waals surface area (Å²) >= 11 is 0. The number of aromatic nitrogens is 1. The van der Waals surface area contributed by atoms with Crippen molar-refractivity contribution in [1.29, 1.82) is 0 Å². The molecule has 2 N–H and O–H groups in total. The SMILES string of the molecule is CCC(N)C(c1ccccc1F)N(C)Cc1ccncc1. The fourth-order valence-electron chi connectivity index (χ4n) is 2.61. The summed E-state index contributed by atoms with van der Waals surface area (Å²) in [6.45, 7) is 2.73. The lowest BCUT2D eigenvalue weighted by Crippen LogP contribution is -2.39. The van der Waals surface area contributed by atoms with E-state index < -0.39 is 0 Å². The summed E-state index contributed by atoms with van der Waals surface area (Å²) in [6.07, 6.45) is 4.32. The number of hydrogen-bond acceptors (Lipinski definition) is 3. The molecule has 0 amide bonds. The van der Waals surface area contributed by atoms with Crippen LogP contribution < -0.4 is 5.73 Å². The van der Waals surface area contributed by atoms with E-state index in [0.29, 0.717) is 12.1 Å². The molecule has 1 heterocycles. The van der Waals surface area contributed by atoms with Gasteiger partial charge in [-0.15, -0.1) is 0 Å². The molecule has 0 saturated carbocycles. The Labute approximate surface area is 125 Å². The first-order valence-corrected chi connectivity index (χ1v) is 7.22. The lowest BCUT2D eigenvalue weighted by molar-refractivity contribution is 0.197. The largest absolute Gasteiger partial charge is 0.326 e. The summed E-state index contributed by atoms with van der Waals surface area (Å²) in [5.41, 5.74) is 8.04. The molecule has 0 bridgehead atoms. The highest BCUT2D eigenvalue weighted by atomic mass is 19.1. The van der Waals surface area contributed by atoms with E-state index in [1.165, 1.54) is 6.07 Å². The molecule has 0 radical (unpaired) electrons. The van der Waals surface area contributed by atoms with Gasteiger partial charge in [-0.25, -0.2) is 4.39 Å². The molecule has 0 aliphatic rings. The van der Waals surface area contributed by atoms with Crippen LogP contribution in [0.3, 0.4) is 0 Å². The number of rotatable bonds is 6. The average Bonchev–Trinajstić information content (AvgIpc) is 2.50. The van der Waals surface area contributed by atoms with Crippen LogP contribution in [-0.2, 0) is 6.54 Å². The monoisotopic (exact) mass is 287 g/mol. The topological polar surface area (TPSA) is 42.1 Å². The summed E-state index contributed by atoms with van der Waals surface area (Å²) < 4.78 is 14.1. The Morgan fingerprint density at radius 1 is 1.19 bits per heavy atom. The second-order valence-electron chi connectivity index (χ2n) is 5.31. The lowest BCUT2D eigenvalue weighted by atomic mass is 9.96. The number of likely N-dealkylation sites (N-methyl/N-ethyl adjacent to an activating group) is 1. The summed E-state index contributed by atoms with van der Waals surface area (Å²) in [6, 6.07) is 10.5. The Balaban J connectivity index is 2.26. The summed E-state index contributed by atoms with van der Waals surface area (Å²) in [7, 11) is 1.98. The van der Waals surface area contributed by atoms with E-state index in [1.807, 2.05) is 38.2 Å². The quantitative estimate of drug-likeness (QED) is 0.887. The normalized spacial score (nSPS) is 14.1. The van der Waals surface area contributed by atoms with Crippen LogP contribution in [0.15, 0.2) is 48.8 Å². The molecule has 2 atom stereocenters. The smallest absolute Gasteiger partial charge is 0.128 e. The highest BCUT2D eigenvalue weighted by Crippen LogP contribution is 2.27. The Kier molecular flexibility index (Phi) is 5.42. The van der Waals surface area contributed by atoms with Crippen LogP contribution in [0.25, 0.3) is 0 Å². The van der Waals surface area contributed by atoms with Crippen molar-refractivity contribution in [1.82, 2.24) is 9.88 Å². The fraction of sp³-hybridized carbons (Fsp3) is 0.353. The first-order chi connectivity index (χ1) is 10.1.